The zero-order chi connectivity index (χ0) is 22.6. The summed E-state index contributed by atoms with van der Waals surface area (Å²) in [4.78, 5) is 2.51. The Labute approximate surface area is 186 Å². The Bertz CT molecular complexity index is 932. The van der Waals surface area contributed by atoms with E-state index in [0.717, 1.165) is 32.4 Å². The SMILES string of the molecule is COc1cc2c(cc1OCC1(S(C)(=O)=O)CC1)CCN1C[C@@H](CC(C)(C)C)[C@H](O)C[C@H]21. The predicted octanol–water partition coefficient (Wildman–Crippen LogP) is 3.37. The van der Waals surface area contributed by atoms with Gasteiger partial charge in [0.2, 0.25) is 0 Å². The lowest BCUT2D eigenvalue weighted by atomic mass is 9.75. The van der Waals surface area contributed by atoms with Gasteiger partial charge in [0, 0.05) is 25.4 Å². The summed E-state index contributed by atoms with van der Waals surface area (Å²) in [6.45, 7) is 8.76. The lowest BCUT2D eigenvalue weighted by molar-refractivity contribution is -0.0259. The molecule has 0 amide bonds. The molecule has 2 aliphatic heterocycles. The molecule has 174 valence electrons. The molecule has 6 nitrogen and oxygen atoms in total. The van der Waals surface area contributed by atoms with Gasteiger partial charge in [0.25, 0.3) is 0 Å². The Hall–Kier alpha value is -1.31. The Morgan fingerprint density at radius 2 is 1.94 bits per heavy atom. The van der Waals surface area contributed by atoms with Crippen LogP contribution in [0.25, 0.3) is 0 Å². The maximum Gasteiger partial charge on any atom is 0.161 e. The first-order chi connectivity index (χ1) is 14.4. The smallest absolute Gasteiger partial charge is 0.161 e. The molecule has 0 spiro atoms. The Morgan fingerprint density at radius 1 is 1.23 bits per heavy atom. The molecule has 1 N–H and O–H groups in total. The molecule has 7 heteroatoms. The number of fused-ring (bicyclic) bond motifs is 3. The molecule has 2 heterocycles. The molecular weight excluding hydrogens is 414 g/mol. The first-order valence-electron chi connectivity index (χ1n) is 11.4. The second-order valence-electron chi connectivity index (χ2n) is 11.0. The number of methoxy groups -OCH3 is 1. The average molecular weight is 452 g/mol. The van der Waals surface area contributed by atoms with Gasteiger partial charge in [-0.3, -0.25) is 4.90 Å². The van der Waals surface area contributed by atoms with E-state index < -0.39 is 14.6 Å². The van der Waals surface area contributed by atoms with Crippen molar-refractivity contribution in [3.05, 3.63) is 23.3 Å². The van der Waals surface area contributed by atoms with Crippen molar-refractivity contribution in [3.63, 3.8) is 0 Å². The van der Waals surface area contributed by atoms with Gasteiger partial charge in [0.05, 0.1) is 13.2 Å². The number of rotatable bonds is 6. The van der Waals surface area contributed by atoms with E-state index in [2.05, 4.69) is 25.7 Å². The third-order valence-electron chi connectivity index (χ3n) is 7.33. The van der Waals surface area contributed by atoms with E-state index in [0.29, 0.717) is 30.3 Å². The topological polar surface area (TPSA) is 76.1 Å². The quantitative estimate of drug-likeness (QED) is 0.715. The van der Waals surface area contributed by atoms with Gasteiger partial charge in [-0.1, -0.05) is 20.8 Å². The number of aliphatic hydroxyl groups is 1. The summed E-state index contributed by atoms with van der Waals surface area (Å²) >= 11 is 0. The van der Waals surface area contributed by atoms with E-state index in [9.17, 15) is 13.5 Å². The van der Waals surface area contributed by atoms with Gasteiger partial charge in [-0.25, -0.2) is 8.42 Å². The predicted molar refractivity (Wildman–Crippen MR) is 122 cm³/mol. The number of benzene rings is 1. The van der Waals surface area contributed by atoms with Crippen LogP contribution in [-0.2, 0) is 16.3 Å². The van der Waals surface area contributed by atoms with Crippen LogP contribution in [0.3, 0.4) is 0 Å². The molecule has 4 rings (SSSR count). The lowest BCUT2D eigenvalue weighted by Crippen LogP contribution is -2.48. The Balaban J connectivity index is 1.54. The largest absolute Gasteiger partial charge is 0.493 e. The highest BCUT2D eigenvalue weighted by molar-refractivity contribution is 7.92. The summed E-state index contributed by atoms with van der Waals surface area (Å²) in [6.07, 6.45) is 4.97. The third kappa shape index (κ3) is 4.60. The second kappa shape index (κ2) is 7.92. The number of nitrogens with zero attached hydrogens (tertiary/aromatic N) is 1. The van der Waals surface area contributed by atoms with Crippen LogP contribution in [0.4, 0.5) is 0 Å². The van der Waals surface area contributed by atoms with E-state index >= 15 is 0 Å². The highest BCUT2D eigenvalue weighted by Gasteiger charge is 2.53. The first-order valence-corrected chi connectivity index (χ1v) is 13.3. The molecule has 1 aliphatic carbocycles. The molecule has 31 heavy (non-hydrogen) atoms. The molecule has 2 fully saturated rings. The van der Waals surface area contributed by atoms with Crippen LogP contribution >= 0.6 is 0 Å². The van der Waals surface area contributed by atoms with Crippen molar-refractivity contribution in [2.75, 3.05) is 33.1 Å². The number of piperidine rings is 1. The maximum absolute atomic E-state index is 12.1. The lowest BCUT2D eigenvalue weighted by Gasteiger charge is -2.47. The van der Waals surface area contributed by atoms with Gasteiger partial charge in [-0.05, 0) is 66.7 Å². The summed E-state index contributed by atoms with van der Waals surface area (Å²) < 4.78 is 35.1. The summed E-state index contributed by atoms with van der Waals surface area (Å²) in [5.74, 6) is 1.55. The van der Waals surface area contributed by atoms with Crippen LogP contribution in [-0.4, -0.2) is 62.3 Å². The van der Waals surface area contributed by atoms with Crippen LogP contribution < -0.4 is 9.47 Å². The minimum atomic E-state index is -3.14. The van der Waals surface area contributed by atoms with Crippen molar-refractivity contribution in [2.24, 2.45) is 11.3 Å². The van der Waals surface area contributed by atoms with Crippen LogP contribution in [0, 0.1) is 11.3 Å². The van der Waals surface area contributed by atoms with Crippen molar-refractivity contribution in [3.8, 4) is 11.5 Å². The number of aliphatic hydroxyl groups excluding tert-OH is 1. The molecule has 0 bridgehead atoms. The number of hydrogen-bond donors (Lipinski definition) is 1. The van der Waals surface area contributed by atoms with Gasteiger partial charge in [0.1, 0.15) is 11.4 Å². The molecule has 0 unspecified atom stereocenters. The van der Waals surface area contributed by atoms with E-state index in [-0.39, 0.29) is 24.2 Å². The van der Waals surface area contributed by atoms with Crippen molar-refractivity contribution in [2.45, 2.75) is 69.8 Å². The zero-order valence-electron chi connectivity index (χ0n) is 19.5. The van der Waals surface area contributed by atoms with Gasteiger partial charge >= 0.3 is 0 Å². The average Bonchev–Trinajstić information content (AvgIpc) is 3.46. The number of hydrogen-bond acceptors (Lipinski definition) is 6. The van der Waals surface area contributed by atoms with Gasteiger partial charge in [-0.2, -0.15) is 0 Å². The molecule has 1 saturated carbocycles. The normalized spacial score (nSPS) is 27.9. The van der Waals surface area contributed by atoms with E-state index in [1.807, 2.05) is 12.1 Å². The maximum atomic E-state index is 12.1. The van der Waals surface area contributed by atoms with E-state index in [4.69, 9.17) is 9.47 Å². The fourth-order valence-electron chi connectivity index (χ4n) is 5.33. The molecule has 1 aromatic rings. The van der Waals surface area contributed by atoms with Crippen molar-refractivity contribution in [1.82, 2.24) is 4.90 Å². The molecule has 3 atom stereocenters. The molecule has 0 radical (unpaired) electrons. The summed E-state index contributed by atoms with van der Waals surface area (Å²) in [6, 6.07) is 4.25. The van der Waals surface area contributed by atoms with Crippen molar-refractivity contribution in [1.29, 1.82) is 0 Å². The van der Waals surface area contributed by atoms with Gasteiger partial charge in [0.15, 0.2) is 21.3 Å². The third-order valence-corrected chi connectivity index (χ3v) is 9.43. The molecular formula is C24H37NO5S. The standard InChI is InChI=1S/C24H37NO5S/c1-23(2,3)13-17-14-25-9-6-16-10-22(30-15-24(7-8-24)31(5,27)28)21(29-4)11-18(16)19(25)12-20(17)26/h10-11,17,19-20,26H,6-9,12-15H2,1-5H3/t17-,19-,20-/m1/s1. The minimum Gasteiger partial charge on any atom is -0.493 e. The second-order valence-corrected chi connectivity index (χ2v) is 13.4. The van der Waals surface area contributed by atoms with E-state index in [1.54, 1.807) is 7.11 Å². The van der Waals surface area contributed by atoms with Crippen LogP contribution in [0.1, 0.15) is 63.6 Å². The minimum absolute atomic E-state index is 0.170. The van der Waals surface area contributed by atoms with Crippen molar-refractivity contribution >= 4 is 9.84 Å². The number of ether oxygens (including phenoxy) is 2. The Morgan fingerprint density at radius 3 is 2.52 bits per heavy atom. The van der Waals surface area contributed by atoms with E-state index in [1.165, 1.54) is 17.4 Å². The van der Waals surface area contributed by atoms with Crippen LogP contribution in [0.15, 0.2) is 12.1 Å². The fourth-order valence-corrected chi connectivity index (χ4v) is 6.45. The van der Waals surface area contributed by atoms with Crippen LogP contribution in [0.5, 0.6) is 11.5 Å². The summed E-state index contributed by atoms with van der Waals surface area (Å²) in [5.41, 5.74) is 2.61. The molecule has 1 aromatic carbocycles. The summed E-state index contributed by atoms with van der Waals surface area (Å²) in [5, 5.41) is 10.9. The number of sulfone groups is 1. The van der Waals surface area contributed by atoms with Crippen molar-refractivity contribution < 1.29 is 23.0 Å². The highest BCUT2D eigenvalue weighted by atomic mass is 32.2. The monoisotopic (exact) mass is 451 g/mol. The Kier molecular flexibility index (Phi) is 5.85. The fraction of sp³-hybridized carbons (Fsp3) is 0.750. The first kappa shape index (κ1) is 22.9. The zero-order valence-corrected chi connectivity index (χ0v) is 20.3. The summed E-state index contributed by atoms with van der Waals surface area (Å²) in [7, 11) is -1.52. The molecule has 1 saturated heterocycles. The molecule has 3 aliphatic rings. The highest BCUT2D eigenvalue weighted by Crippen LogP contribution is 2.46. The van der Waals surface area contributed by atoms with Gasteiger partial charge < -0.3 is 14.6 Å². The molecule has 0 aromatic heterocycles. The van der Waals surface area contributed by atoms with Crippen LogP contribution in [0.2, 0.25) is 0 Å². The van der Waals surface area contributed by atoms with Gasteiger partial charge in [-0.15, -0.1) is 0 Å².